The Morgan fingerprint density at radius 2 is 1.85 bits per heavy atom. The molecule has 1 aliphatic heterocycles. The van der Waals surface area contributed by atoms with E-state index in [-0.39, 0.29) is 12.0 Å². The van der Waals surface area contributed by atoms with Crippen molar-refractivity contribution in [3.8, 4) is 11.5 Å². The minimum Gasteiger partial charge on any atom is -0.494 e. The van der Waals surface area contributed by atoms with Gasteiger partial charge in [-0.05, 0) is 49.9 Å². The molecule has 1 fully saturated rings. The first-order chi connectivity index (χ1) is 13.3. The molecule has 0 aromatic heterocycles. The Bertz CT molecular complexity index is 698. The second-order valence-electron chi connectivity index (χ2n) is 6.61. The number of benzene rings is 2. The highest BCUT2D eigenvalue weighted by Crippen LogP contribution is 2.25. The summed E-state index contributed by atoms with van der Waals surface area (Å²) < 4.78 is 17.2. The van der Waals surface area contributed by atoms with Crippen LogP contribution in [0.4, 0.5) is 5.69 Å². The Kier molecular flexibility index (Phi) is 7.54. The monoisotopic (exact) mass is 369 g/mol. The maximum Gasteiger partial charge on any atom is 0.224 e. The quantitative estimate of drug-likeness (QED) is 0.664. The number of carbonyl (C=O) groups excluding carboxylic acids is 1. The van der Waals surface area contributed by atoms with Crippen molar-refractivity contribution in [1.82, 2.24) is 0 Å². The fourth-order valence-corrected chi connectivity index (χ4v) is 2.97. The summed E-state index contributed by atoms with van der Waals surface area (Å²) in [6.45, 7) is 1.82. The molecule has 0 radical (unpaired) electrons. The molecule has 1 aliphatic rings. The Morgan fingerprint density at radius 3 is 2.67 bits per heavy atom. The van der Waals surface area contributed by atoms with E-state index in [2.05, 4.69) is 5.32 Å². The molecule has 5 heteroatoms. The number of anilines is 1. The standard InChI is InChI=1S/C22H27NO4/c24-22(14-8-16-25-18-9-2-1-3-10-18)23-20-12-4-5-13-21(20)27-17-19-11-6-7-15-26-19/h1-5,9-10,12-13,19H,6-8,11,14-17H2,(H,23,24). The summed E-state index contributed by atoms with van der Waals surface area (Å²) in [4.78, 5) is 12.2. The lowest BCUT2D eigenvalue weighted by atomic mass is 10.1. The number of ether oxygens (including phenoxy) is 3. The topological polar surface area (TPSA) is 56.8 Å². The van der Waals surface area contributed by atoms with E-state index < -0.39 is 0 Å². The zero-order valence-corrected chi connectivity index (χ0v) is 15.6. The molecule has 5 nitrogen and oxygen atoms in total. The second kappa shape index (κ2) is 10.6. The summed E-state index contributed by atoms with van der Waals surface area (Å²) in [7, 11) is 0. The van der Waals surface area contributed by atoms with Crippen molar-refractivity contribution < 1.29 is 19.0 Å². The summed E-state index contributed by atoms with van der Waals surface area (Å²) in [5.41, 5.74) is 0.697. The lowest BCUT2D eigenvalue weighted by molar-refractivity contribution is -0.116. The Labute approximate surface area is 160 Å². The summed E-state index contributed by atoms with van der Waals surface area (Å²) in [6.07, 6.45) is 4.51. The molecule has 0 bridgehead atoms. The van der Waals surface area contributed by atoms with Crippen molar-refractivity contribution in [3.63, 3.8) is 0 Å². The molecule has 144 valence electrons. The third-order valence-corrected chi connectivity index (χ3v) is 4.42. The van der Waals surface area contributed by atoms with E-state index in [4.69, 9.17) is 14.2 Å². The van der Waals surface area contributed by atoms with Crippen LogP contribution in [0.1, 0.15) is 32.1 Å². The molecule has 2 aromatic rings. The summed E-state index contributed by atoms with van der Waals surface area (Å²) in [6, 6.07) is 17.1. The Morgan fingerprint density at radius 1 is 1.04 bits per heavy atom. The SMILES string of the molecule is O=C(CCCOc1ccccc1)Nc1ccccc1OCC1CCCCO1. The van der Waals surface area contributed by atoms with E-state index in [1.165, 1.54) is 6.42 Å². The summed E-state index contributed by atoms with van der Waals surface area (Å²) in [5.74, 6) is 1.46. The first kappa shape index (κ1) is 19.2. The van der Waals surface area contributed by atoms with Crippen LogP contribution in [0, 0.1) is 0 Å². The van der Waals surface area contributed by atoms with Crippen LogP contribution in [-0.4, -0.2) is 31.8 Å². The van der Waals surface area contributed by atoms with Gasteiger partial charge in [0.1, 0.15) is 18.1 Å². The van der Waals surface area contributed by atoms with Crippen LogP contribution in [-0.2, 0) is 9.53 Å². The fraction of sp³-hybridized carbons (Fsp3) is 0.409. The van der Waals surface area contributed by atoms with Crippen molar-refractivity contribution in [3.05, 3.63) is 54.6 Å². The number of amides is 1. The lowest BCUT2D eigenvalue weighted by Crippen LogP contribution is -2.26. The van der Waals surface area contributed by atoms with E-state index in [9.17, 15) is 4.79 Å². The fourth-order valence-electron chi connectivity index (χ4n) is 2.97. The molecule has 1 heterocycles. The predicted octanol–water partition coefficient (Wildman–Crippen LogP) is 4.43. The van der Waals surface area contributed by atoms with Gasteiger partial charge in [-0.2, -0.15) is 0 Å². The van der Waals surface area contributed by atoms with Crippen LogP contribution in [0.3, 0.4) is 0 Å². The maximum absolute atomic E-state index is 12.2. The van der Waals surface area contributed by atoms with Gasteiger partial charge < -0.3 is 19.5 Å². The van der Waals surface area contributed by atoms with Crippen LogP contribution in [0.2, 0.25) is 0 Å². The van der Waals surface area contributed by atoms with Gasteiger partial charge in [-0.1, -0.05) is 30.3 Å². The number of nitrogens with one attached hydrogen (secondary N) is 1. The van der Waals surface area contributed by atoms with Gasteiger partial charge in [-0.25, -0.2) is 0 Å². The van der Waals surface area contributed by atoms with Crippen LogP contribution >= 0.6 is 0 Å². The van der Waals surface area contributed by atoms with Gasteiger partial charge >= 0.3 is 0 Å². The highest BCUT2D eigenvalue weighted by molar-refractivity contribution is 5.92. The molecule has 0 saturated carbocycles. The van der Waals surface area contributed by atoms with Crippen molar-refractivity contribution >= 4 is 11.6 Å². The van der Waals surface area contributed by atoms with Gasteiger partial charge in [0.05, 0.1) is 18.4 Å². The smallest absolute Gasteiger partial charge is 0.224 e. The lowest BCUT2D eigenvalue weighted by Gasteiger charge is -2.23. The van der Waals surface area contributed by atoms with Gasteiger partial charge in [-0.15, -0.1) is 0 Å². The summed E-state index contributed by atoms with van der Waals surface area (Å²) >= 11 is 0. The van der Waals surface area contributed by atoms with E-state index in [1.54, 1.807) is 0 Å². The van der Waals surface area contributed by atoms with Crippen molar-refractivity contribution in [2.24, 2.45) is 0 Å². The molecule has 27 heavy (non-hydrogen) atoms. The molecular formula is C22H27NO4. The Hall–Kier alpha value is -2.53. The van der Waals surface area contributed by atoms with Crippen LogP contribution in [0.5, 0.6) is 11.5 Å². The van der Waals surface area contributed by atoms with E-state index >= 15 is 0 Å². The maximum atomic E-state index is 12.2. The molecule has 3 rings (SSSR count). The minimum atomic E-state index is -0.0448. The van der Waals surface area contributed by atoms with Gasteiger partial charge in [-0.3, -0.25) is 4.79 Å². The Balaban J connectivity index is 1.41. The number of hydrogen-bond donors (Lipinski definition) is 1. The zero-order valence-electron chi connectivity index (χ0n) is 15.6. The molecule has 1 atom stereocenters. The molecular weight excluding hydrogens is 342 g/mol. The average Bonchev–Trinajstić information content (AvgIpc) is 2.72. The third-order valence-electron chi connectivity index (χ3n) is 4.42. The van der Waals surface area contributed by atoms with Crippen LogP contribution in [0.25, 0.3) is 0 Å². The van der Waals surface area contributed by atoms with Gasteiger partial charge in [0, 0.05) is 13.0 Å². The van der Waals surface area contributed by atoms with Crippen molar-refractivity contribution in [2.75, 3.05) is 25.1 Å². The molecule has 1 N–H and O–H groups in total. The molecule has 2 aromatic carbocycles. The minimum absolute atomic E-state index is 0.0448. The molecule has 0 spiro atoms. The number of rotatable bonds is 9. The van der Waals surface area contributed by atoms with Gasteiger partial charge in [0.2, 0.25) is 5.91 Å². The van der Waals surface area contributed by atoms with Gasteiger partial charge in [0.25, 0.3) is 0 Å². The molecule has 1 amide bonds. The van der Waals surface area contributed by atoms with E-state index in [1.807, 2.05) is 54.6 Å². The number of carbonyl (C=O) groups is 1. The number of hydrogen-bond acceptors (Lipinski definition) is 4. The average molecular weight is 369 g/mol. The highest BCUT2D eigenvalue weighted by atomic mass is 16.5. The first-order valence-electron chi connectivity index (χ1n) is 9.62. The number of para-hydroxylation sites is 3. The molecule has 1 unspecified atom stereocenters. The third kappa shape index (κ3) is 6.61. The zero-order chi connectivity index (χ0) is 18.7. The van der Waals surface area contributed by atoms with Crippen molar-refractivity contribution in [2.45, 2.75) is 38.2 Å². The predicted molar refractivity (Wildman–Crippen MR) is 105 cm³/mol. The first-order valence-corrected chi connectivity index (χ1v) is 9.62. The van der Waals surface area contributed by atoms with Crippen LogP contribution < -0.4 is 14.8 Å². The second-order valence-corrected chi connectivity index (χ2v) is 6.61. The summed E-state index contributed by atoms with van der Waals surface area (Å²) in [5, 5.41) is 2.94. The van der Waals surface area contributed by atoms with E-state index in [0.717, 1.165) is 25.2 Å². The molecule has 1 saturated heterocycles. The van der Waals surface area contributed by atoms with E-state index in [0.29, 0.717) is 37.5 Å². The normalized spacial score (nSPS) is 16.5. The largest absolute Gasteiger partial charge is 0.494 e. The molecule has 0 aliphatic carbocycles. The highest BCUT2D eigenvalue weighted by Gasteiger charge is 2.15. The van der Waals surface area contributed by atoms with Crippen molar-refractivity contribution in [1.29, 1.82) is 0 Å². The van der Waals surface area contributed by atoms with Gasteiger partial charge in [0.15, 0.2) is 0 Å². The van der Waals surface area contributed by atoms with Crippen LogP contribution in [0.15, 0.2) is 54.6 Å².